The molecule has 23 heavy (non-hydrogen) atoms. The molecule has 1 heterocycles. The smallest absolute Gasteiger partial charge is 0.203 e. The Morgan fingerprint density at radius 2 is 1.52 bits per heavy atom. The Labute approximate surface area is 151 Å². The highest BCUT2D eigenvalue weighted by Gasteiger charge is 2.23. The van der Waals surface area contributed by atoms with Crippen molar-refractivity contribution in [3.8, 4) is 17.2 Å². The molecule has 1 N–H and O–H groups in total. The van der Waals surface area contributed by atoms with Crippen molar-refractivity contribution >= 4 is 24.8 Å². The summed E-state index contributed by atoms with van der Waals surface area (Å²) >= 11 is 0. The monoisotopic (exact) mass is 366 g/mol. The lowest BCUT2D eigenvalue weighted by Crippen LogP contribution is -2.45. The third-order valence-electron chi connectivity index (χ3n) is 4.05. The predicted octanol–water partition coefficient (Wildman–Crippen LogP) is 2.91. The standard InChI is InChI=1S/C16H26N2O3.2ClH/c1-5-13(18-8-6-17-7-9-18)12-10-14(19-2)16(21-4)15(11-12)20-3;;/h10-11,13,17H,5-9H2,1-4H3;2*1H/t13-;;/m1../s1. The highest BCUT2D eigenvalue weighted by atomic mass is 35.5. The van der Waals surface area contributed by atoms with Gasteiger partial charge in [0.25, 0.3) is 0 Å². The molecule has 0 bridgehead atoms. The molecule has 134 valence electrons. The fourth-order valence-electron chi connectivity index (χ4n) is 2.99. The van der Waals surface area contributed by atoms with Crippen LogP contribution in [0, 0.1) is 0 Å². The Morgan fingerprint density at radius 3 is 1.91 bits per heavy atom. The zero-order chi connectivity index (χ0) is 15.2. The minimum absolute atomic E-state index is 0. The van der Waals surface area contributed by atoms with Crippen LogP contribution < -0.4 is 19.5 Å². The summed E-state index contributed by atoms with van der Waals surface area (Å²) in [5, 5.41) is 3.40. The average Bonchev–Trinajstić information content (AvgIpc) is 2.55. The maximum atomic E-state index is 5.47. The van der Waals surface area contributed by atoms with Gasteiger partial charge in [0.05, 0.1) is 21.3 Å². The first-order valence-corrected chi connectivity index (χ1v) is 7.49. The molecule has 1 atom stereocenters. The second kappa shape index (κ2) is 10.8. The van der Waals surface area contributed by atoms with Gasteiger partial charge in [0.1, 0.15) is 0 Å². The number of nitrogens with one attached hydrogen (secondary N) is 1. The highest BCUT2D eigenvalue weighted by molar-refractivity contribution is 5.85. The normalized spacial score (nSPS) is 15.8. The van der Waals surface area contributed by atoms with E-state index in [0.717, 1.165) is 44.1 Å². The van der Waals surface area contributed by atoms with Gasteiger partial charge in [-0.15, -0.1) is 24.8 Å². The molecule has 1 aromatic carbocycles. The van der Waals surface area contributed by atoms with Crippen LogP contribution >= 0.6 is 24.8 Å². The fraction of sp³-hybridized carbons (Fsp3) is 0.625. The van der Waals surface area contributed by atoms with Crippen LogP contribution in [0.5, 0.6) is 17.2 Å². The van der Waals surface area contributed by atoms with Gasteiger partial charge in [-0.1, -0.05) is 6.92 Å². The summed E-state index contributed by atoms with van der Waals surface area (Å²) in [6.45, 7) is 6.43. The summed E-state index contributed by atoms with van der Waals surface area (Å²) in [6, 6.07) is 4.51. The Hall–Kier alpha value is -0.880. The van der Waals surface area contributed by atoms with Gasteiger partial charge >= 0.3 is 0 Å². The van der Waals surface area contributed by atoms with Crippen LogP contribution in [0.1, 0.15) is 24.9 Å². The lowest BCUT2D eigenvalue weighted by molar-refractivity contribution is 0.168. The molecule has 0 aromatic heterocycles. The van der Waals surface area contributed by atoms with Crippen molar-refractivity contribution in [1.29, 1.82) is 0 Å². The van der Waals surface area contributed by atoms with Gasteiger partial charge in [-0.25, -0.2) is 0 Å². The zero-order valence-electron chi connectivity index (χ0n) is 14.3. The van der Waals surface area contributed by atoms with Crippen LogP contribution in [0.15, 0.2) is 12.1 Å². The average molecular weight is 367 g/mol. The third kappa shape index (κ3) is 5.05. The van der Waals surface area contributed by atoms with Crippen molar-refractivity contribution in [2.45, 2.75) is 19.4 Å². The number of hydrogen-bond acceptors (Lipinski definition) is 5. The molecule has 2 rings (SSSR count). The van der Waals surface area contributed by atoms with Gasteiger partial charge in [0.2, 0.25) is 5.75 Å². The van der Waals surface area contributed by atoms with Crippen molar-refractivity contribution < 1.29 is 14.2 Å². The van der Waals surface area contributed by atoms with Crippen LogP contribution in [0.25, 0.3) is 0 Å². The summed E-state index contributed by atoms with van der Waals surface area (Å²) < 4.78 is 16.3. The molecular weight excluding hydrogens is 339 g/mol. The van der Waals surface area contributed by atoms with Gasteiger partial charge < -0.3 is 19.5 Å². The van der Waals surface area contributed by atoms with Crippen LogP contribution in [0.2, 0.25) is 0 Å². The molecule has 0 aliphatic carbocycles. The molecule has 0 spiro atoms. The first-order valence-electron chi connectivity index (χ1n) is 7.49. The van der Waals surface area contributed by atoms with Crippen LogP contribution in [-0.2, 0) is 0 Å². The van der Waals surface area contributed by atoms with Crippen molar-refractivity contribution in [1.82, 2.24) is 10.2 Å². The van der Waals surface area contributed by atoms with E-state index in [1.807, 2.05) is 0 Å². The van der Waals surface area contributed by atoms with Gasteiger partial charge in [-0.05, 0) is 24.1 Å². The number of methoxy groups -OCH3 is 3. The molecule has 1 fully saturated rings. The SMILES string of the molecule is CC[C@H](c1cc(OC)c(OC)c(OC)c1)N1CCNCC1.Cl.Cl. The Balaban J connectivity index is 0.00000242. The Morgan fingerprint density at radius 1 is 1.00 bits per heavy atom. The topological polar surface area (TPSA) is 43.0 Å². The summed E-state index contributed by atoms with van der Waals surface area (Å²) in [5.74, 6) is 2.10. The predicted molar refractivity (Wildman–Crippen MR) is 98.1 cm³/mol. The number of hydrogen-bond donors (Lipinski definition) is 1. The number of ether oxygens (including phenoxy) is 3. The summed E-state index contributed by atoms with van der Waals surface area (Å²) in [4.78, 5) is 2.51. The fourth-order valence-corrected chi connectivity index (χ4v) is 2.99. The molecule has 0 saturated carbocycles. The van der Waals surface area contributed by atoms with Crippen LogP contribution in [0.4, 0.5) is 0 Å². The summed E-state index contributed by atoms with van der Waals surface area (Å²) in [7, 11) is 4.95. The molecule has 1 aliphatic heterocycles. The Bertz CT molecular complexity index is 444. The molecule has 7 heteroatoms. The molecule has 0 amide bonds. The van der Waals surface area contributed by atoms with E-state index in [2.05, 4.69) is 29.3 Å². The zero-order valence-corrected chi connectivity index (χ0v) is 15.9. The maximum Gasteiger partial charge on any atom is 0.203 e. The first kappa shape index (κ1) is 22.1. The van der Waals surface area contributed by atoms with E-state index >= 15 is 0 Å². The van der Waals surface area contributed by atoms with Crippen LogP contribution in [0.3, 0.4) is 0 Å². The van der Waals surface area contributed by atoms with E-state index in [1.54, 1.807) is 21.3 Å². The van der Waals surface area contributed by atoms with Crippen molar-refractivity contribution in [2.75, 3.05) is 47.5 Å². The van der Waals surface area contributed by atoms with Crippen LogP contribution in [-0.4, -0.2) is 52.4 Å². The van der Waals surface area contributed by atoms with Gasteiger partial charge in [0, 0.05) is 32.2 Å². The maximum absolute atomic E-state index is 5.47. The molecular formula is C16H28Cl2N2O3. The first-order chi connectivity index (χ1) is 10.2. The van der Waals surface area contributed by atoms with E-state index in [0.29, 0.717) is 11.8 Å². The largest absolute Gasteiger partial charge is 0.493 e. The van der Waals surface area contributed by atoms with E-state index < -0.39 is 0 Å². The summed E-state index contributed by atoms with van der Waals surface area (Å²) in [5.41, 5.74) is 1.22. The number of nitrogens with zero attached hydrogens (tertiary/aromatic N) is 1. The summed E-state index contributed by atoms with van der Waals surface area (Å²) in [6.07, 6.45) is 1.05. The lowest BCUT2D eigenvalue weighted by atomic mass is 10.0. The molecule has 1 aromatic rings. The molecule has 0 unspecified atom stereocenters. The third-order valence-corrected chi connectivity index (χ3v) is 4.05. The molecule has 1 aliphatic rings. The van der Waals surface area contributed by atoms with Gasteiger partial charge in [0.15, 0.2) is 11.5 Å². The molecule has 1 saturated heterocycles. The second-order valence-electron chi connectivity index (χ2n) is 5.17. The van der Waals surface area contributed by atoms with E-state index in [9.17, 15) is 0 Å². The molecule has 5 nitrogen and oxygen atoms in total. The minimum Gasteiger partial charge on any atom is -0.493 e. The Kier molecular flexibility index (Phi) is 10.4. The number of halogens is 2. The lowest BCUT2D eigenvalue weighted by Gasteiger charge is -2.35. The van der Waals surface area contributed by atoms with Crippen molar-refractivity contribution in [2.24, 2.45) is 0 Å². The minimum atomic E-state index is 0. The van der Waals surface area contributed by atoms with E-state index in [-0.39, 0.29) is 24.8 Å². The second-order valence-corrected chi connectivity index (χ2v) is 5.17. The van der Waals surface area contributed by atoms with Crippen molar-refractivity contribution in [3.63, 3.8) is 0 Å². The molecule has 0 radical (unpaired) electrons. The van der Waals surface area contributed by atoms with E-state index in [1.165, 1.54) is 5.56 Å². The van der Waals surface area contributed by atoms with Crippen molar-refractivity contribution in [3.05, 3.63) is 17.7 Å². The number of rotatable bonds is 6. The van der Waals surface area contributed by atoms with E-state index in [4.69, 9.17) is 14.2 Å². The van der Waals surface area contributed by atoms with Gasteiger partial charge in [-0.2, -0.15) is 0 Å². The highest BCUT2D eigenvalue weighted by Crippen LogP contribution is 2.41. The number of benzene rings is 1. The van der Waals surface area contributed by atoms with Gasteiger partial charge in [-0.3, -0.25) is 4.90 Å². The quantitative estimate of drug-likeness (QED) is 0.838. The number of piperazine rings is 1.